The van der Waals surface area contributed by atoms with Gasteiger partial charge in [-0.05, 0) is 66.4 Å². The standard InChI is InChI=1S/C25H17Cl2NO5S/c1-12-7-8-34-24(12)21-20(22(29)19-10-13-9-14(26)3-5-17(13)33-19)23(30)25(31)28(21)15-4-6-18(32-2)16(27)11-15/h3-11,21,30H,1-2H3. The minimum absolute atomic E-state index is 0.000407. The molecule has 6 nitrogen and oxygen atoms in total. The number of nitrogens with zero attached hydrogens (tertiary/aromatic N) is 1. The number of carbonyl (C=O) groups is 2. The maximum atomic E-state index is 13.7. The number of rotatable bonds is 5. The number of hydrogen-bond acceptors (Lipinski definition) is 6. The zero-order chi connectivity index (χ0) is 24.1. The van der Waals surface area contributed by atoms with Crippen molar-refractivity contribution >= 4 is 62.9 Å². The lowest BCUT2D eigenvalue weighted by Crippen LogP contribution is -2.30. The number of ketones is 1. The summed E-state index contributed by atoms with van der Waals surface area (Å²) in [6, 6.07) is 12.4. The number of furan rings is 1. The zero-order valence-corrected chi connectivity index (χ0v) is 20.3. The quantitative estimate of drug-likeness (QED) is 0.293. The van der Waals surface area contributed by atoms with Gasteiger partial charge in [0.25, 0.3) is 5.91 Å². The number of ether oxygens (including phenoxy) is 1. The number of benzene rings is 2. The minimum atomic E-state index is -0.860. The Hall–Kier alpha value is -3.26. The molecule has 0 saturated carbocycles. The van der Waals surface area contributed by atoms with E-state index < -0.39 is 23.5 Å². The first kappa shape index (κ1) is 22.5. The number of amides is 1. The van der Waals surface area contributed by atoms with Crippen molar-refractivity contribution in [2.75, 3.05) is 12.0 Å². The van der Waals surface area contributed by atoms with E-state index in [1.54, 1.807) is 42.5 Å². The number of thiophene rings is 1. The van der Waals surface area contributed by atoms with Gasteiger partial charge in [0.2, 0.25) is 5.78 Å². The van der Waals surface area contributed by atoms with Gasteiger partial charge < -0.3 is 14.3 Å². The molecular weight excluding hydrogens is 497 g/mol. The molecule has 2 aromatic heterocycles. The van der Waals surface area contributed by atoms with E-state index in [1.165, 1.54) is 23.3 Å². The second-order valence-corrected chi connectivity index (χ2v) is 9.54. The first-order valence-electron chi connectivity index (χ1n) is 10.2. The molecule has 0 aliphatic carbocycles. The van der Waals surface area contributed by atoms with E-state index in [-0.39, 0.29) is 11.3 Å². The van der Waals surface area contributed by atoms with Gasteiger partial charge in [-0.25, -0.2) is 0 Å². The van der Waals surface area contributed by atoms with E-state index in [9.17, 15) is 14.7 Å². The van der Waals surface area contributed by atoms with Crippen LogP contribution in [0.15, 0.2) is 69.7 Å². The zero-order valence-electron chi connectivity index (χ0n) is 18.0. The Balaban J connectivity index is 1.65. The second kappa shape index (κ2) is 8.51. The summed E-state index contributed by atoms with van der Waals surface area (Å²) in [4.78, 5) is 29.1. The molecule has 0 spiro atoms. The first-order chi connectivity index (χ1) is 16.3. The number of hydrogen-bond donors (Lipinski definition) is 1. The molecule has 1 unspecified atom stereocenters. The van der Waals surface area contributed by atoms with Crippen molar-refractivity contribution in [3.8, 4) is 5.75 Å². The van der Waals surface area contributed by atoms with Gasteiger partial charge in [0.1, 0.15) is 17.4 Å². The molecule has 1 amide bonds. The molecule has 5 rings (SSSR count). The van der Waals surface area contributed by atoms with Crippen molar-refractivity contribution < 1.29 is 23.8 Å². The van der Waals surface area contributed by atoms with Gasteiger partial charge in [-0.15, -0.1) is 11.3 Å². The predicted molar refractivity (Wildman–Crippen MR) is 132 cm³/mol. The molecule has 0 saturated heterocycles. The molecule has 1 atom stereocenters. The Kier molecular flexibility index (Phi) is 5.64. The highest BCUT2D eigenvalue weighted by atomic mass is 35.5. The number of aliphatic hydroxyl groups is 1. The van der Waals surface area contributed by atoms with E-state index in [0.717, 1.165) is 10.4 Å². The molecule has 0 fully saturated rings. The van der Waals surface area contributed by atoms with Gasteiger partial charge in [-0.3, -0.25) is 14.5 Å². The lowest BCUT2D eigenvalue weighted by molar-refractivity contribution is -0.117. The summed E-state index contributed by atoms with van der Waals surface area (Å²) in [5.74, 6) is -1.48. The molecule has 0 bridgehead atoms. The summed E-state index contributed by atoms with van der Waals surface area (Å²) < 4.78 is 11.0. The Labute approximate surface area is 208 Å². The Morgan fingerprint density at radius 2 is 1.94 bits per heavy atom. The summed E-state index contributed by atoms with van der Waals surface area (Å²) in [7, 11) is 1.49. The van der Waals surface area contributed by atoms with E-state index in [1.807, 2.05) is 18.4 Å². The highest BCUT2D eigenvalue weighted by molar-refractivity contribution is 7.10. The van der Waals surface area contributed by atoms with Crippen molar-refractivity contribution in [2.24, 2.45) is 0 Å². The van der Waals surface area contributed by atoms with E-state index in [4.69, 9.17) is 32.4 Å². The molecule has 172 valence electrons. The summed E-state index contributed by atoms with van der Waals surface area (Å²) in [5, 5.41) is 14.2. The van der Waals surface area contributed by atoms with Crippen LogP contribution in [-0.4, -0.2) is 23.9 Å². The van der Waals surface area contributed by atoms with Crippen LogP contribution < -0.4 is 9.64 Å². The second-order valence-electron chi connectivity index (χ2n) is 7.75. The molecule has 2 aromatic carbocycles. The van der Waals surface area contributed by atoms with Gasteiger partial charge in [-0.1, -0.05) is 23.2 Å². The summed E-state index contributed by atoms with van der Waals surface area (Å²) in [6.07, 6.45) is 0. The number of aliphatic hydroxyl groups excluding tert-OH is 1. The Morgan fingerprint density at radius 3 is 2.62 bits per heavy atom. The molecule has 3 heterocycles. The predicted octanol–water partition coefficient (Wildman–Crippen LogP) is 6.90. The molecule has 1 aliphatic heterocycles. The van der Waals surface area contributed by atoms with Crippen LogP contribution in [0.4, 0.5) is 5.69 Å². The van der Waals surface area contributed by atoms with Crippen LogP contribution in [-0.2, 0) is 4.79 Å². The minimum Gasteiger partial charge on any atom is -0.503 e. The van der Waals surface area contributed by atoms with Gasteiger partial charge in [0, 0.05) is 21.0 Å². The topological polar surface area (TPSA) is 80.0 Å². The van der Waals surface area contributed by atoms with Gasteiger partial charge in [0.15, 0.2) is 11.5 Å². The summed E-state index contributed by atoms with van der Waals surface area (Å²) in [5.41, 5.74) is 1.70. The molecular formula is C25H17Cl2NO5S. The molecule has 34 heavy (non-hydrogen) atoms. The van der Waals surface area contributed by atoms with Crippen LogP contribution in [0.25, 0.3) is 11.0 Å². The lowest BCUT2D eigenvalue weighted by Gasteiger charge is -2.26. The maximum absolute atomic E-state index is 13.7. The third-order valence-corrected chi connectivity index (χ3v) is 7.32. The Bertz CT molecular complexity index is 1500. The third kappa shape index (κ3) is 3.57. The van der Waals surface area contributed by atoms with Gasteiger partial charge >= 0.3 is 0 Å². The van der Waals surface area contributed by atoms with Crippen molar-refractivity contribution in [1.29, 1.82) is 0 Å². The van der Waals surface area contributed by atoms with Crippen LogP contribution in [0.2, 0.25) is 10.0 Å². The van der Waals surface area contributed by atoms with Gasteiger partial charge in [-0.2, -0.15) is 0 Å². The van der Waals surface area contributed by atoms with Crippen LogP contribution in [0.5, 0.6) is 5.75 Å². The smallest absolute Gasteiger partial charge is 0.294 e. The number of fused-ring (bicyclic) bond motifs is 1. The maximum Gasteiger partial charge on any atom is 0.294 e. The molecule has 1 aliphatic rings. The van der Waals surface area contributed by atoms with Crippen LogP contribution >= 0.6 is 34.5 Å². The Morgan fingerprint density at radius 1 is 1.15 bits per heavy atom. The van der Waals surface area contributed by atoms with Crippen molar-refractivity contribution in [1.82, 2.24) is 0 Å². The SMILES string of the molecule is COc1ccc(N2C(=O)C(O)=C(C(=O)c3cc4cc(Cl)ccc4o3)C2c2sccc2C)cc1Cl. The van der Waals surface area contributed by atoms with E-state index >= 15 is 0 Å². The van der Waals surface area contributed by atoms with Crippen molar-refractivity contribution in [3.63, 3.8) is 0 Å². The van der Waals surface area contributed by atoms with Crippen molar-refractivity contribution in [3.05, 3.63) is 91.5 Å². The van der Waals surface area contributed by atoms with Crippen LogP contribution in [0, 0.1) is 6.92 Å². The number of Topliss-reactive ketones (excluding diaryl/α,β-unsaturated/α-hetero) is 1. The average Bonchev–Trinajstić information content (AvgIpc) is 3.49. The molecule has 0 radical (unpaired) electrons. The first-order valence-corrected chi connectivity index (χ1v) is 11.8. The highest BCUT2D eigenvalue weighted by Gasteiger charge is 2.46. The number of methoxy groups -OCH3 is 1. The van der Waals surface area contributed by atoms with Gasteiger partial charge in [0.05, 0.1) is 17.7 Å². The fourth-order valence-corrected chi connectivity index (χ4v) is 5.54. The molecule has 4 aromatic rings. The normalized spacial score (nSPS) is 16.1. The fourth-order valence-electron chi connectivity index (χ4n) is 4.08. The van der Waals surface area contributed by atoms with E-state index in [2.05, 4.69) is 0 Å². The van der Waals surface area contributed by atoms with Crippen LogP contribution in [0.3, 0.4) is 0 Å². The number of carbonyl (C=O) groups excluding carboxylic acids is 2. The summed E-state index contributed by atoms with van der Waals surface area (Å²) in [6.45, 7) is 1.89. The number of halogens is 2. The number of aryl methyl sites for hydroxylation is 1. The van der Waals surface area contributed by atoms with E-state index in [0.29, 0.717) is 32.5 Å². The molecule has 1 N–H and O–H groups in total. The third-order valence-electron chi connectivity index (χ3n) is 5.72. The lowest BCUT2D eigenvalue weighted by atomic mass is 9.98. The average molecular weight is 514 g/mol. The molecule has 9 heteroatoms. The van der Waals surface area contributed by atoms with Crippen molar-refractivity contribution in [2.45, 2.75) is 13.0 Å². The fraction of sp³-hybridized carbons (Fsp3) is 0.120. The largest absolute Gasteiger partial charge is 0.503 e. The summed E-state index contributed by atoms with van der Waals surface area (Å²) >= 11 is 13.8. The highest BCUT2D eigenvalue weighted by Crippen LogP contribution is 2.46. The monoisotopic (exact) mass is 513 g/mol. The van der Waals surface area contributed by atoms with Crippen LogP contribution in [0.1, 0.15) is 27.0 Å². The number of anilines is 1.